The molecule has 0 N–H and O–H groups in total. The molecule has 0 spiro atoms. The van der Waals surface area contributed by atoms with Crippen LogP contribution in [0.1, 0.15) is 0 Å². The third-order valence-electron chi connectivity index (χ3n) is 11.6. The molecule has 0 aliphatic carbocycles. The fourth-order valence-corrected chi connectivity index (χ4v) is 19.0. The number of benzene rings is 10. The molecular weight excluding hydrogens is 681 g/mol. The van der Waals surface area contributed by atoms with Crippen molar-refractivity contribution in [2.75, 3.05) is 0 Å². The van der Waals surface area contributed by atoms with Crippen molar-refractivity contribution in [3.8, 4) is 0 Å². The van der Waals surface area contributed by atoms with E-state index in [-0.39, 0.29) is 0 Å². The summed E-state index contributed by atoms with van der Waals surface area (Å²) in [5.74, 6) is 0. The molecule has 0 fully saturated rings. The van der Waals surface area contributed by atoms with Gasteiger partial charge in [0.05, 0.1) is 0 Å². The summed E-state index contributed by atoms with van der Waals surface area (Å²) in [6.07, 6.45) is 0. The Labute approximate surface area is 319 Å². The maximum Gasteiger partial charge on any atom is 0.179 e. The fraction of sp³-hybridized carbons (Fsp3) is 0. The number of rotatable bonds is 8. The van der Waals surface area contributed by atoms with Crippen LogP contribution in [0, 0.1) is 0 Å². The SMILES string of the molecule is c1ccc([Si](c2ccccc2)(c2ccccc2)c2cc3ccc4cc([Si](c5ccccc5)(c5ccccc5)c5ccccc5)cc5ccc(c2)c3c45)cc1. The number of hydrogen-bond acceptors (Lipinski definition) is 0. The lowest BCUT2D eigenvalue weighted by Gasteiger charge is -2.35. The Morgan fingerprint density at radius 1 is 0.185 bits per heavy atom. The lowest BCUT2D eigenvalue weighted by atomic mass is 9.94. The van der Waals surface area contributed by atoms with E-state index in [9.17, 15) is 0 Å². The molecule has 10 aromatic carbocycles. The predicted octanol–water partition coefficient (Wildman–Crippen LogP) is 7.34. The van der Waals surface area contributed by atoms with E-state index in [1.807, 2.05) is 0 Å². The van der Waals surface area contributed by atoms with Gasteiger partial charge in [-0.2, -0.15) is 0 Å². The molecule has 0 heterocycles. The van der Waals surface area contributed by atoms with E-state index in [1.54, 1.807) is 0 Å². The first-order chi connectivity index (χ1) is 26.8. The van der Waals surface area contributed by atoms with Gasteiger partial charge in [0.1, 0.15) is 0 Å². The monoisotopic (exact) mass is 718 g/mol. The minimum atomic E-state index is -2.69. The predicted molar refractivity (Wildman–Crippen MR) is 237 cm³/mol. The average molecular weight is 719 g/mol. The maximum absolute atomic E-state index is 2.69. The average Bonchev–Trinajstić information content (AvgIpc) is 3.26. The van der Waals surface area contributed by atoms with Crippen LogP contribution in [-0.2, 0) is 0 Å². The summed E-state index contributed by atoms with van der Waals surface area (Å²) in [7, 11) is -5.37. The van der Waals surface area contributed by atoms with Gasteiger partial charge in [0.15, 0.2) is 16.1 Å². The van der Waals surface area contributed by atoms with Crippen LogP contribution < -0.4 is 41.5 Å². The third kappa shape index (κ3) is 4.95. The maximum atomic E-state index is 2.52. The second kappa shape index (κ2) is 13.3. The first-order valence-electron chi connectivity index (χ1n) is 18.8. The minimum Gasteiger partial charge on any atom is -0.0623 e. The van der Waals surface area contributed by atoms with Crippen LogP contribution in [0.15, 0.2) is 231 Å². The minimum absolute atomic E-state index is 1.30. The highest BCUT2D eigenvalue weighted by atomic mass is 28.3. The Morgan fingerprint density at radius 3 is 0.556 bits per heavy atom. The van der Waals surface area contributed by atoms with E-state index in [0.29, 0.717) is 0 Å². The van der Waals surface area contributed by atoms with Crippen LogP contribution in [0.3, 0.4) is 0 Å². The zero-order valence-corrected chi connectivity index (χ0v) is 31.9. The molecule has 0 atom stereocenters. The molecule has 0 aliphatic heterocycles. The van der Waals surface area contributed by atoms with Gasteiger partial charge in [-0.1, -0.05) is 231 Å². The van der Waals surface area contributed by atoms with Crippen molar-refractivity contribution >= 4 is 90.0 Å². The smallest absolute Gasteiger partial charge is 0.0623 e. The van der Waals surface area contributed by atoms with Crippen molar-refractivity contribution < 1.29 is 0 Å². The highest BCUT2D eigenvalue weighted by Gasteiger charge is 2.43. The Balaban J connectivity index is 1.26. The van der Waals surface area contributed by atoms with Gasteiger partial charge < -0.3 is 0 Å². The summed E-state index contributed by atoms with van der Waals surface area (Å²) in [5, 5.41) is 19.1. The van der Waals surface area contributed by atoms with E-state index in [2.05, 4.69) is 231 Å². The molecule has 0 bridgehead atoms. The van der Waals surface area contributed by atoms with Gasteiger partial charge in [-0.05, 0) is 73.8 Å². The molecule has 0 aliphatic rings. The van der Waals surface area contributed by atoms with E-state index in [0.717, 1.165) is 0 Å². The summed E-state index contributed by atoms with van der Waals surface area (Å²) in [6.45, 7) is 0. The van der Waals surface area contributed by atoms with Crippen LogP contribution in [0.25, 0.3) is 32.3 Å². The molecule has 0 amide bonds. The third-order valence-corrected chi connectivity index (χ3v) is 21.1. The van der Waals surface area contributed by atoms with Crippen molar-refractivity contribution in [3.05, 3.63) is 231 Å². The van der Waals surface area contributed by atoms with Crippen LogP contribution in [0.2, 0.25) is 0 Å². The fourth-order valence-electron chi connectivity index (χ4n) is 9.40. The zero-order chi connectivity index (χ0) is 36.0. The lowest BCUT2D eigenvalue weighted by Crippen LogP contribution is -2.74. The van der Waals surface area contributed by atoms with E-state index in [4.69, 9.17) is 0 Å². The van der Waals surface area contributed by atoms with Crippen molar-refractivity contribution in [2.24, 2.45) is 0 Å². The van der Waals surface area contributed by atoms with Crippen LogP contribution in [0.4, 0.5) is 0 Å². The Kier molecular flexibility index (Phi) is 7.94. The summed E-state index contributed by atoms with van der Waals surface area (Å²) in [4.78, 5) is 0. The van der Waals surface area contributed by atoms with Gasteiger partial charge in [0.25, 0.3) is 0 Å². The topological polar surface area (TPSA) is 0 Å². The van der Waals surface area contributed by atoms with Gasteiger partial charge in [-0.25, -0.2) is 0 Å². The Morgan fingerprint density at radius 2 is 0.370 bits per heavy atom. The molecule has 2 heteroatoms. The quantitative estimate of drug-likeness (QED) is 0.0877. The first kappa shape index (κ1) is 32.3. The van der Waals surface area contributed by atoms with Gasteiger partial charge in [0.2, 0.25) is 0 Å². The first-order valence-corrected chi connectivity index (χ1v) is 22.8. The van der Waals surface area contributed by atoms with E-state index in [1.165, 1.54) is 73.8 Å². The van der Waals surface area contributed by atoms with Crippen LogP contribution in [0.5, 0.6) is 0 Å². The van der Waals surface area contributed by atoms with Crippen molar-refractivity contribution in [3.63, 3.8) is 0 Å². The van der Waals surface area contributed by atoms with Crippen LogP contribution in [-0.4, -0.2) is 16.1 Å². The molecule has 10 aromatic rings. The molecule has 10 rings (SSSR count). The van der Waals surface area contributed by atoms with Gasteiger partial charge in [0, 0.05) is 0 Å². The zero-order valence-electron chi connectivity index (χ0n) is 29.9. The van der Waals surface area contributed by atoms with Gasteiger partial charge >= 0.3 is 0 Å². The Bertz CT molecular complexity index is 2380. The second-order valence-electron chi connectivity index (χ2n) is 14.4. The Hall–Kier alpha value is -6.33. The molecule has 0 saturated heterocycles. The molecule has 54 heavy (non-hydrogen) atoms. The van der Waals surface area contributed by atoms with Crippen LogP contribution >= 0.6 is 0 Å². The summed E-state index contributed by atoms with van der Waals surface area (Å²) in [6, 6.07) is 87.0. The summed E-state index contributed by atoms with van der Waals surface area (Å²) < 4.78 is 0. The highest BCUT2D eigenvalue weighted by molar-refractivity contribution is 7.20. The second-order valence-corrected chi connectivity index (χ2v) is 22.0. The largest absolute Gasteiger partial charge is 0.179 e. The van der Waals surface area contributed by atoms with Crippen molar-refractivity contribution in [1.82, 2.24) is 0 Å². The molecule has 0 aromatic heterocycles. The van der Waals surface area contributed by atoms with E-state index < -0.39 is 16.1 Å². The normalized spacial score (nSPS) is 12.1. The summed E-state index contributed by atoms with van der Waals surface area (Å²) >= 11 is 0. The molecule has 0 radical (unpaired) electrons. The van der Waals surface area contributed by atoms with Gasteiger partial charge in [-0.3, -0.25) is 0 Å². The summed E-state index contributed by atoms with van der Waals surface area (Å²) in [5.41, 5.74) is 0. The highest BCUT2D eigenvalue weighted by Crippen LogP contribution is 2.34. The molecule has 254 valence electrons. The number of hydrogen-bond donors (Lipinski definition) is 0. The molecular formula is C52H38Si2. The van der Waals surface area contributed by atoms with Gasteiger partial charge in [-0.15, -0.1) is 0 Å². The molecule has 0 unspecified atom stereocenters. The molecule has 0 nitrogen and oxygen atoms in total. The lowest BCUT2D eigenvalue weighted by molar-refractivity contribution is 1.67. The van der Waals surface area contributed by atoms with Crippen molar-refractivity contribution in [1.29, 1.82) is 0 Å². The van der Waals surface area contributed by atoms with Crippen molar-refractivity contribution in [2.45, 2.75) is 0 Å². The van der Waals surface area contributed by atoms with E-state index >= 15 is 0 Å². The molecule has 0 saturated carbocycles. The standard InChI is InChI=1S/C52H38Si2/c1-7-19-43(20-8-1)53(44-21-9-2-10-22-44,45-23-11-3-12-24-45)49-35-39-31-33-41-37-50(38-42-34-32-40(36-49)51(39)52(41)42)54(46-25-13-4-14-26-46,47-27-15-5-16-28-47)48-29-17-6-18-30-48/h1-38H.